The summed E-state index contributed by atoms with van der Waals surface area (Å²) >= 11 is 0. The van der Waals surface area contributed by atoms with Gasteiger partial charge in [-0.15, -0.1) is 0 Å². The first-order valence-corrected chi connectivity index (χ1v) is 6.19. The minimum Gasteiger partial charge on any atom is -0.512 e. The standard InChI is InChI=1S/C13H26O2/c1-5-10(6-2)12(14)9-13(15)11(7-3)8-4/h9-12,14-15H,5-8H2,1-4H3. The van der Waals surface area contributed by atoms with Gasteiger partial charge in [0, 0.05) is 5.92 Å². The molecular formula is C13H26O2. The Morgan fingerprint density at radius 2 is 1.47 bits per heavy atom. The lowest BCUT2D eigenvalue weighted by molar-refractivity contribution is 0.140. The highest BCUT2D eigenvalue weighted by atomic mass is 16.3. The fourth-order valence-electron chi connectivity index (χ4n) is 1.93. The summed E-state index contributed by atoms with van der Waals surface area (Å²) in [7, 11) is 0. The van der Waals surface area contributed by atoms with Crippen LogP contribution < -0.4 is 0 Å². The van der Waals surface area contributed by atoms with Gasteiger partial charge < -0.3 is 10.2 Å². The van der Waals surface area contributed by atoms with E-state index in [-0.39, 0.29) is 11.8 Å². The maximum atomic E-state index is 9.88. The Labute approximate surface area is 94.0 Å². The highest BCUT2D eigenvalue weighted by molar-refractivity contribution is 5.01. The molecule has 2 nitrogen and oxygen atoms in total. The molecule has 0 radical (unpaired) electrons. The number of aliphatic hydroxyl groups is 2. The Kier molecular flexibility index (Phi) is 7.49. The average Bonchev–Trinajstić information content (AvgIpc) is 2.21. The smallest absolute Gasteiger partial charge is 0.0939 e. The van der Waals surface area contributed by atoms with Gasteiger partial charge in [-0.2, -0.15) is 0 Å². The van der Waals surface area contributed by atoms with Gasteiger partial charge in [-0.1, -0.05) is 40.5 Å². The maximum Gasteiger partial charge on any atom is 0.0939 e. The molecular weight excluding hydrogens is 188 g/mol. The van der Waals surface area contributed by atoms with Crippen molar-refractivity contribution in [2.45, 2.75) is 59.5 Å². The quantitative estimate of drug-likeness (QED) is 0.635. The van der Waals surface area contributed by atoms with Gasteiger partial charge in [-0.3, -0.25) is 0 Å². The van der Waals surface area contributed by atoms with Crippen LogP contribution in [0.4, 0.5) is 0 Å². The van der Waals surface area contributed by atoms with Crippen molar-refractivity contribution in [3.8, 4) is 0 Å². The van der Waals surface area contributed by atoms with Crippen molar-refractivity contribution in [2.75, 3.05) is 0 Å². The molecule has 1 unspecified atom stereocenters. The van der Waals surface area contributed by atoms with Crippen LogP contribution in [-0.4, -0.2) is 16.3 Å². The molecule has 15 heavy (non-hydrogen) atoms. The molecule has 0 saturated carbocycles. The fourth-order valence-corrected chi connectivity index (χ4v) is 1.93. The second-order valence-corrected chi connectivity index (χ2v) is 4.17. The van der Waals surface area contributed by atoms with Gasteiger partial charge in [0.25, 0.3) is 0 Å². The van der Waals surface area contributed by atoms with Crippen molar-refractivity contribution < 1.29 is 10.2 Å². The summed E-state index contributed by atoms with van der Waals surface area (Å²) in [6.45, 7) is 8.25. The number of aliphatic hydroxyl groups excluding tert-OH is 2. The van der Waals surface area contributed by atoms with Crippen molar-refractivity contribution in [3.05, 3.63) is 11.8 Å². The highest BCUT2D eigenvalue weighted by Crippen LogP contribution is 2.20. The molecule has 0 saturated heterocycles. The molecule has 1 atom stereocenters. The summed E-state index contributed by atoms with van der Waals surface area (Å²) in [4.78, 5) is 0. The third kappa shape index (κ3) is 4.70. The van der Waals surface area contributed by atoms with E-state index in [0.29, 0.717) is 5.76 Å². The van der Waals surface area contributed by atoms with Crippen molar-refractivity contribution in [3.63, 3.8) is 0 Å². The Morgan fingerprint density at radius 3 is 1.80 bits per heavy atom. The second-order valence-electron chi connectivity index (χ2n) is 4.17. The highest BCUT2D eigenvalue weighted by Gasteiger charge is 2.16. The zero-order valence-corrected chi connectivity index (χ0v) is 10.5. The fraction of sp³-hybridized carbons (Fsp3) is 0.846. The van der Waals surface area contributed by atoms with Gasteiger partial charge in [0.1, 0.15) is 0 Å². The summed E-state index contributed by atoms with van der Waals surface area (Å²) in [6.07, 6.45) is 4.88. The molecule has 2 N–H and O–H groups in total. The molecule has 0 aromatic carbocycles. The molecule has 0 fully saturated rings. The third-order valence-corrected chi connectivity index (χ3v) is 3.28. The Morgan fingerprint density at radius 1 is 1.00 bits per heavy atom. The molecule has 0 bridgehead atoms. The van der Waals surface area contributed by atoms with E-state index < -0.39 is 6.10 Å². The number of allylic oxidation sites excluding steroid dienone is 1. The topological polar surface area (TPSA) is 40.5 Å². The Hall–Kier alpha value is -0.500. The first-order chi connectivity index (χ1) is 7.10. The molecule has 0 aromatic rings. The SMILES string of the molecule is CCC(CC)C(O)=CC(O)C(CC)CC. The average molecular weight is 214 g/mol. The van der Waals surface area contributed by atoms with Crippen LogP contribution in [0.1, 0.15) is 53.4 Å². The molecule has 90 valence electrons. The van der Waals surface area contributed by atoms with Gasteiger partial charge in [-0.25, -0.2) is 0 Å². The summed E-state index contributed by atoms with van der Waals surface area (Å²) in [5.41, 5.74) is 0. The van der Waals surface area contributed by atoms with Crippen molar-refractivity contribution in [1.82, 2.24) is 0 Å². The Bertz CT molecular complexity index is 179. The lowest BCUT2D eigenvalue weighted by Crippen LogP contribution is -2.18. The Balaban J connectivity index is 4.43. The molecule has 0 spiro atoms. The van der Waals surface area contributed by atoms with Gasteiger partial charge in [0.2, 0.25) is 0 Å². The van der Waals surface area contributed by atoms with E-state index in [9.17, 15) is 10.2 Å². The monoisotopic (exact) mass is 214 g/mol. The van der Waals surface area contributed by atoms with Gasteiger partial charge >= 0.3 is 0 Å². The van der Waals surface area contributed by atoms with Crippen molar-refractivity contribution in [1.29, 1.82) is 0 Å². The summed E-state index contributed by atoms with van der Waals surface area (Å²) in [5, 5.41) is 19.7. The molecule has 0 rings (SSSR count). The van der Waals surface area contributed by atoms with E-state index in [1.165, 1.54) is 0 Å². The summed E-state index contributed by atoms with van der Waals surface area (Å²) < 4.78 is 0. The van der Waals surface area contributed by atoms with Gasteiger partial charge in [-0.05, 0) is 24.8 Å². The van der Waals surface area contributed by atoms with Gasteiger partial charge in [0.05, 0.1) is 11.9 Å². The molecule has 0 heterocycles. The van der Waals surface area contributed by atoms with E-state index in [4.69, 9.17) is 0 Å². The summed E-state index contributed by atoms with van der Waals surface area (Å²) in [6, 6.07) is 0. The molecule has 0 aliphatic carbocycles. The van der Waals surface area contributed by atoms with E-state index in [1.54, 1.807) is 6.08 Å². The van der Waals surface area contributed by atoms with Crippen molar-refractivity contribution >= 4 is 0 Å². The summed E-state index contributed by atoms with van der Waals surface area (Å²) in [5.74, 6) is 0.829. The maximum absolute atomic E-state index is 9.88. The number of hydrogen-bond donors (Lipinski definition) is 2. The van der Waals surface area contributed by atoms with E-state index >= 15 is 0 Å². The molecule has 2 heteroatoms. The molecule has 0 amide bonds. The third-order valence-electron chi connectivity index (χ3n) is 3.28. The van der Waals surface area contributed by atoms with Crippen molar-refractivity contribution in [2.24, 2.45) is 11.8 Å². The van der Waals surface area contributed by atoms with Crippen LogP contribution in [0.2, 0.25) is 0 Å². The van der Waals surface area contributed by atoms with E-state index in [1.807, 2.05) is 0 Å². The predicted octanol–water partition coefficient (Wildman–Crippen LogP) is 3.66. The number of hydrogen-bond acceptors (Lipinski definition) is 2. The van der Waals surface area contributed by atoms with Crippen LogP contribution >= 0.6 is 0 Å². The second kappa shape index (κ2) is 7.75. The largest absolute Gasteiger partial charge is 0.512 e. The molecule has 0 aromatic heterocycles. The predicted molar refractivity (Wildman–Crippen MR) is 64.9 cm³/mol. The zero-order valence-electron chi connectivity index (χ0n) is 10.5. The normalized spacial score (nSPS) is 15.0. The molecule has 0 aliphatic rings. The zero-order chi connectivity index (χ0) is 11.8. The van der Waals surface area contributed by atoms with Crippen LogP contribution in [0, 0.1) is 11.8 Å². The van der Waals surface area contributed by atoms with Crippen LogP contribution in [0.15, 0.2) is 11.8 Å². The van der Waals surface area contributed by atoms with Crippen LogP contribution in [0.5, 0.6) is 0 Å². The van der Waals surface area contributed by atoms with Crippen LogP contribution in [-0.2, 0) is 0 Å². The number of rotatable bonds is 7. The van der Waals surface area contributed by atoms with E-state index in [2.05, 4.69) is 27.7 Å². The van der Waals surface area contributed by atoms with Crippen LogP contribution in [0.25, 0.3) is 0 Å². The van der Waals surface area contributed by atoms with Gasteiger partial charge in [0.15, 0.2) is 0 Å². The lowest BCUT2D eigenvalue weighted by Gasteiger charge is -2.19. The first kappa shape index (κ1) is 14.5. The minimum absolute atomic E-state index is 0.203. The lowest BCUT2D eigenvalue weighted by atomic mass is 9.93. The first-order valence-electron chi connectivity index (χ1n) is 6.19. The minimum atomic E-state index is -0.499. The van der Waals surface area contributed by atoms with E-state index in [0.717, 1.165) is 25.7 Å². The van der Waals surface area contributed by atoms with Crippen LogP contribution in [0.3, 0.4) is 0 Å². The molecule has 0 aliphatic heterocycles.